The summed E-state index contributed by atoms with van der Waals surface area (Å²) in [6.45, 7) is 1.90. The van der Waals surface area contributed by atoms with Gasteiger partial charge in [-0.2, -0.15) is 4.39 Å². The Kier molecular flexibility index (Phi) is 6.01. The maximum atomic E-state index is 13.4. The second-order valence-electron chi connectivity index (χ2n) is 4.05. The number of benzene rings is 1. The third kappa shape index (κ3) is 4.37. The minimum Gasteiger partial charge on any atom is -0.503 e. The van der Waals surface area contributed by atoms with E-state index in [-0.39, 0.29) is 26.0 Å². The molecule has 0 aliphatic rings. The Morgan fingerprint density at radius 1 is 1.29 bits per heavy atom. The third-order valence-corrected chi connectivity index (χ3v) is 2.53. The van der Waals surface area contributed by atoms with Crippen LogP contribution in [0.4, 0.5) is 13.2 Å². The van der Waals surface area contributed by atoms with E-state index in [1.54, 1.807) is 6.92 Å². The number of aromatic hydroxyl groups is 1. The molecule has 8 heteroatoms. The molecule has 1 aromatic carbocycles. The second-order valence-corrected chi connectivity index (χ2v) is 4.05. The van der Waals surface area contributed by atoms with Crippen molar-refractivity contribution in [1.29, 1.82) is 0 Å². The fraction of sp³-hybridized carbons (Fsp3) is 0.385. The number of hydrogen-bond acceptors (Lipinski definition) is 4. The number of phenolic OH excluding ortho intramolecular Hbond substituents is 1. The summed E-state index contributed by atoms with van der Waals surface area (Å²) in [6.07, 6.45) is 0.293. The average Bonchev–Trinajstić information content (AvgIpc) is 2.45. The summed E-state index contributed by atoms with van der Waals surface area (Å²) >= 11 is 0. The van der Waals surface area contributed by atoms with E-state index in [0.29, 0.717) is 6.07 Å². The molecule has 0 bridgehead atoms. The number of esters is 1. The molecule has 5 nitrogen and oxygen atoms in total. The van der Waals surface area contributed by atoms with Gasteiger partial charge >= 0.3 is 5.97 Å². The largest absolute Gasteiger partial charge is 0.503 e. The molecule has 2 N–H and O–H groups in total. The van der Waals surface area contributed by atoms with Crippen LogP contribution in [0.5, 0.6) is 5.75 Å². The molecule has 1 amide bonds. The van der Waals surface area contributed by atoms with Crippen molar-refractivity contribution in [3.05, 3.63) is 29.1 Å². The van der Waals surface area contributed by atoms with Crippen LogP contribution in [-0.4, -0.2) is 30.1 Å². The van der Waals surface area contributed by atoms with Crippen LogP contribution in [0.1, 0.15) is 30.1 Å². The van der Waals surface area contributed by atoms with Crippen LogP contribution in [0.3, 0.4) is 0 Å². The van der Waals surface area contributed by atoms with Crippen LogP contribution in [-0.2, 0) is 9.53 Å². The topological polar surface area (TPSA) is 75.6 Å². The minimum atomic E-state index is -1.76. The van der Waals surface area contributed by atoms with Crippen molar-refractivity contribution in [3.8, 4) is 5.75 Å². The van der Waals surface area contributed by atoms with Gasteiger partial charge in [0.1, 0.15) is 0 Å². The molecule has 0 aliphatic heterocycles. The molecule has 21 heavy (non-hydrogen) atoms. The van der Waals surface area contributed by atoms with Crippen LogP contribution in [0, 0.1) is 17.5 Å². The lowest BCUT2D eigenvalue weighted by molar-refractivity contribution is -0.143. The van der Waals surface area contributed by atoms with E-state index < -0.39 is 40.6 Å². The highest BCUT2D eigenvalue weighted by Gasteiger charge is 2.22. The molecule has 0 aliphatic carbocycles. The lowest BCUT2D eigenvalue weighted by Crippen LogP contribution is -2.26. The maximum Gasteiger partial charge on any atom is 0.305 e. The van der Waals surface area contributed by atoms with Crippen LogP contribution >= 0.6 is 0 Å². The first-order valence-corrected chi connectivity index (χ1v) is 6.18. The number of carbonyl (C=O) groups is 2. The summed E-state index contributed by atoms with van der Waals surface area (Å²) in [5, 5.41) is 11.2. The lowest BCUT2D eigenvalue weighted by Gasteiger charge is -2.08. The van der Waals surface area contributed by atoms with Gasteiger partial charge in [-0.3, -0.25) is 9.59 Å². The number of hydrogen-bond donors (Lipinski definition) is 2. The predicted molar refractivity (Wildman–Crippen MR) is 66.2 cm³/mol. The van der Waals surface area contributed by atoms with Gasteiger partial charge in [-0.25, -0.2) is 8.78 Å². The number of rotatable bonds is 6. The van der Waals surface area contributed by atoms with Crippen LogP contribution in [0.25, 0.3) is 0 Å². The molecule has 0 atom stereocenters. The smallest absolute Gasteiger partial charge is 0.305 e. The highest BCUT2D eigenvalue weighted by Crippen LogP contribution is 2.25. The zero-order chi connectivity index (χ0) is 16.0. The third-order valence-electron chi connectivity index (χ3n) is 2.53. The molecule has 0 aromatic heterocycles. The van der Waals surface area contributed by atoms with Gasteiger partial charge < -0.3 is 15.2 Å². The Morgan fingerprint density at radius 3 is 2.57 bits per heavy atom. The first-order chi connectivity index (χ1) is 9.88. The maximum absolute atomic E-state index is 13.4. The molecule has 0 unspecified atom stereocenters. The summed E-state index contributed by atoms with van der Waals surface area (Å²) in [4.78, 5) is 22.6. The molecule has 0 heterocycles. The van der Waals surface area contributed by atoms with Crippen molar-refractivity contribution < 1.29 is 32.6 Å². The summed E-state index contributed by atoms with van der Waals surface area (Å²) in [7, 11) is 0. The number of carbonyl (C=O) groups excluding carboxylic acids is 2. The Morgan fingerprint density at radius 2 is 1.95 bits per heavy atom. The SMILES string of the molecule is CCOC(=O)CCCNC(=O)c1cc(F)c(F)c(O)c1F. The Labute approximate surface area is 118 Å². The lowest BCUT2D eigenvalue weighted by atomic mass is 10.1. The van der Waals surface area contributed by atoms with Crippen molar-refractivity contribution in [3.63, 3.8) is 0 Å². The second kappa shape index (κ2) is 7.51. The van der Waals surface area contributed by atoms with Gasteiger partial charge in [-0.05, 0) is 19.4 Å². The summed E-state index contributed by atoms with van der Waals surface area (Å²) in [5.74, 6) is -7.85. The fourth-order valence-electron chi connectivity index (χ4n) is 1.52. The van der Waals surface area contributed by atoms with E-state index in [1.807, 2.05) is 0 Å². The molecule has 0 saturated heterocycles. The first kappa shape index (κ1) is 16.8. The van der Waals surface area contributed by atoms with E-state index in [0.717, 1.165) is 0 Å². The summed E-state index contributed by atoms with van der Waals surface area (Å²) in [6, 6.07) is 0.352. The highest BCUT2D eigenvalue weighted by atomic mass is 19.2. The standard InChI is InChI=1S/C13H14F3NO4/c1-2-21-9(18)4-3-5-17-13(20)7-6-8(14)11(16)12(19)10(7)15/h6,19H,2-5H2,1H3,(H,17,20). The minimum absolute atomic E-state index is 0.0108. The number of phenols is 1. The molecule has 0 spiro atoms. The monoisotopic (exact) mass is 305 g/mol. The molecule has 1 aromatic rings. The number of amides is 1. The number of nitrogens with one attached hydrogen (secondary N) is 1. The van der Waals surface area contributed by atoms with Gasteiger partial charge in [0, 0.05) is 13.0 Å². The van der Waals surface area contributed by atoms with Crippen molar-refractivity contribution >= 4 is 11.9 Å². The zero-order valence-electron chi connectivity index (χ0n) is 11.2. The van der Waals surface area contributed by atoms with E-state index >= 15 is 0 Å². The van der Waals surface area contributed by atoms with Gasteiger partial charge in [0.05, 0.1) is 12.2 Å². The molecule has 116 valence electrons. The quantitative estimate of drug-likeness (QED) is 0.478. The van der Waals surface area contributed by atoms with Crippen molar-refractivity contribution in [2.75, 3.05) is 13.2 Å². The van der Waals surface area contributed by atoms with E-state index in [4.69, 9.17) is 5.11 Å². The molecule has 0 fully saturated rings. The van der Waals surface area contributed by atoms with E-state index in [9.17, 15) is 22.8 Å². The van der Waals surface area contributed by atoms with Gasteiger partial charge in [-0.15, -0.1) is 0 Å². The summed E-state index contributed by atoms with van der Waals surface area (Å²) in [5.41, 5.74) is -0.817. The fourth-order valence-corrected chi connectivity index (χ4v) is 1.52. The Bertz CT molecular complexity index is 549. The average molecular weight is 305 g/mol. The summed E-state index contributed by atoms with van der Waals surface area (Å²) < 4.78 is 44.0. The molecular formula is C13H14F3NO4. The normalized spacial score (nSPS) is 10.3. The number of halogens is 3. The Balaban J connectivity index is 2.59. The highest BCUT2D eigenvalue weighted by molar-refractivity contribution is 5.95. The molecule has 0 radical (unpaired) electrons. The van der Waals surface area contributed by atoms with Crippen LogP contribution < -0.4 is 5.32 Å². The van der Waals surface area contributed by atoms with Crippen molar-refractivity contribution in [1.82, 2.24) is 5.32 Å². The first-order valence-electron chi connectivity index (χ1n) is 6.18. The van der Waals surface area contributed by atoms with E-state index in [1.165, 1.54) is 0 Å². The molecule has 0 saturated carbocycles. The van der Waals surface area contributed by atoms with E-state index in [2.05, 4.69) is 10.1 Å². The van der Waals surface area contributed by atoms with Crippen molar-refractivity contribution in [2.45, 2.75) is 19.8 Å². The molecular weight excluding hydrogens is 291 g/mol. The van der Waals surface area contributed by atoms with Crippen molar-refractivity contribution in [2.24, 2.45) is 0 Å². The molecule has 1 rings (SSSR count). The predicted octanol–water partition coefficient (Wildman–Crippen LogP) is 1.88. The van der Waals surface area contributed by atoms with Gasteiger partial charge in [0.15, 0.2) is 17.4 Å². The number of ether oxygens (including phenoxy) is 1. The van der Waals surface area contributed by atoms with Crippen LogP contribution in [0.15, 0.2) is 6.07 Å². The van der Waals surface area contributed by atoms with Gasteiger partial charge in [0.25, 0.3) is 5.91 Å². The van der Waals surface area contributed by atoms with Gasteiger partial charge in [-0.1, -0.05) is 0 Å². The van der Waals surface area contributed by atoms with Crippen LogP contribution in [0.2, 0.25) is 0 Å². The van der Waals surface area contributed by atoms with Gasteiger partial charge in [0.2, 0.25) is 5.82 Å². The Hall–Kier alpha value is -2.25. The zero-order valence-corrected chi connectivity index (χ0v) is 11.2.